The van der Waals surface area contributed by atoms with Crippen LogP contribution < -0.4 is 0 Å². The van der Waals surface area contributed by atoms with Crippen LogP contribution in [0.4, 0.5) is 0 Å². The van der Waals surface area contributed by atoms with Gasteiger partial charge >= 0.3 is 17.9 Å². The Hall–Kier alpha value is -3.41. The molecule has 0 amide bonds. The summed E-state index contributed by atoms with van der Waals surface area (Å²) in [5, 5.41) is 0. The van der Waals surface area contributed by atoms with Crippen LogP contribution in [0.1, 0.15) is 271 Å². The van der Waals surface area contributed by atoms with Crippen LogP contribution in [-0.4, -0.2) is 37.2 Å². The van der Waals surface area contributed by atoms with Crippen molar-refractivity contribution in [1.29, 1.82) is 0 Å². The summed E-state index contributed by atoms with van der Waals surface area (Å²) in [6, 6.07) is 0. The van der Waals surface area contributed by atoms with Gasteiger partial charge in [0.15, 0.2) is 6.10 Å². The van der Waals surface area contributed by atoms with Crippen molar-refractivity contribution in [3.8, 4) is 0 Å². The zero-order valence-electron chi connectivity index (χ0n) is 44.6. The van der Waals surface area contributed by atoms with E-state index in [1.54, 1.807) is 0 Å². The number of hydrogen-bond acceptors (Lipinski definition) is 6. The number of ether oxygens (including phenoxy) is 3. The molecule has 0 aliphatic carbocycles. The Morgan fingerprint density at radius 3 is 0.941 bits per heavy atom. The molecule has 1 unspecified atom stereocenters. The van der Waals surface area contributed by atoms with E-state index >= 15 is 0 Å². The minimum absolute atomic E-state index is 0.0913. The van der Waals surface area contributed by atoms with Crippen molar-refractivity contribution in [2.45, 2.75) is 277 Å². The van der Waals surface area contributed by atoms with Gasteiger partial charge in [0.25, 0.3) is 0 Å². The van der Waals surface area contributed by atoms with Crippen LogP contribution in [0.2, 0.25) is 0 Å². The lowest BCUT2D eigenvalue weighted by Crippen LogP contribution is -2.30. The van der Waals surface area contributed by atoms with Crippen molar-refractivity contribution in [2.75, 3.05) is 13.2 Å². The number of carbonyl (C=O) groups is 3. The summed E-state index contributed by atoms with van der Waals surface area (Å²) in [6.45, 7) is 6.47. The lowest BCUT2D eigenvalue weighted by molar-refractivity contribution is -0.167. The van der Waals surface area contributed by atoms with Crippen LogP contribution >= 0.6 is 0 Å². The predicted octanol–water partition coefficient (Wildman–Crippen LogP) is 19.2. The maximum atomic E-state index is 12.8. The minimum Gasteiger partial charge on any atom is -0.462 e. The number of allylic oxidation sites excluding steroid dienone is 14. The second kappa shape index (κ2) is 56.2. The summed E-state index contributed by atoms with van der Waals surface area (Å²) in [5.41, 5.74) is 0. The zero-order valence-corrected chi connectivity index (χ0v) is 44.6. The van der Waals surface area contributed by atoms with Gasteiger partial charge in [0, 0.05) is 19.3 Å². The van der Waals surface area contributed by atoms with Crippen molar-refractivity contribution in [3.63, 3.8) is 0 Å². The number of hydrogen-bond donors (Lipinski definition) is 0. The highest BCUT2D eigenvalue weighted by molar-refractivity contribution is 5.71. The summed E-state index contributed by atoms with van der Waals surface area (Å²) in [6.07, 6.45) is 72.8. The Morgan fingerprint density at radius 2 is 0.574 bits per heavy atom. The van der Waals surface area contributed by atoms with Crippen molar-refractivity contribution in [1.82, 2.24) is 0 Å². The van der Waals surface area contributed by atoms with Crippen LogP contribution in [0.15, 0.2) is 85.1 Å². The van der Waals surface area contributed by atoms with Gasteiger partial charge in [-0.1, -0.05) is 221 Å². The maximum absolute atomic E-state index is 12.8. The molecule has 0 saturated carbocycles. The summed E-state index contributed by atoms with van der Waals surface area (Å²) in [5.74, 6) is -0.923. The zero-order chi connectivity index (χ0) is 49.3. The van der Waals surface area contributed by atoms with Gasteiger partial charge in [-0.05, 0) is 116 Å². The monoisotopic (exact) mass is 947 g/mol. The van der Waals surface area contributed by atoms with Crippen LogP contribution in [-0.2, 0) is 28.6 Å². The molecule has 0 aromatic rings. The third-order valence-corrected chi connectivity index (χ3v) is 12.1. The van der Waals surface area contributed by atoms with E-state index in [-0.39, 0.29) is 31.1 Å². The van der Waals surface area contributed by atoms with Gasteiger partial charge in [-0.25, -0.2) is 0 Å². The molecule has 6 nitrogen and oxygen atoms in total. The summed E-state index contributed by atoms with van der Waals surface area (Å²) in [7, 11) is 0. The Morgan fingerprint density at radius 1 is 0.309 bits per heavy atom. The molecule has 0 aromatic carbocycles. The minimum atomic E-state index is -0.795. The quantitative estimate of drug-likeness (QED) is 0.0262. The van der Waals surface area contributed by atoms with Gasteiger partial charge in [0.1, 0.15) is 13.2 Å². The van der Waals surface area contributed by atoms with Crippen LogP contribution in [0.25, 0.3) is 0 Å². The number of carbonyl (C=O) groups excluding carboxylic acids is 3. The number of esters is 3. The SMILES string of the molecule is CC/C=C\C/C=C\C/C=C\C/C=C\CCCCCCC(=O)OC(COC(=O)CCCCCCC/C=C\CCCCCCC)COC(=O)CCCCCCCCCCC/C=C\C/C=C\CCCCC. The Labute approximate surface area is 420 Å². The first-order valence-corrected chi connectivity index (χ1v) is 28.6. The molecule has 0 rings (SSSR count). The average molecular weight is 948 g/mol. The molecule has 1 atom stereocenters. The lowest BCUT2D eigenvalue weighted by Gasteiger charge is -2.18. The van der Waals surface area contributed by atoms with Crippen molar-refractivity contribution >= 4 is 17.9 Å². The molecule has 0 radical (unpaired) electrons. The van der Waals surface area contributed by atoms with Gasteiger partial charge in [-0.3, -0.25) is 14.4 Å². The summed E-state index contributed by atoms with van der Waals surface area (Å²) >= 11 is 0. The lowest BCUT2D eigenvalue weighted by atomic mass is 10.1. The van der Waals surface area contributed by atoms with Crippen molar-refractivity contribution in [3.05, 3.63) is 85.1 Å². The van der Waals surface area contributed by atoms with E-state index in [1.165, 1.54) is 122 Å². The first kappa shape index (κ1) is 64.6. The third kappa shape index (κ3) is 53.5. The van der Waals surface area contributed by atoms with Gasteiger partial charge in [0.2, 0.25) is 0 Å². The molecular formula is C62H106O6. The molecule has 0 spiro atoms. The number of unbranched alkanes of at least 4 members (excludes halogenated alkanes) is 26. The molecule has 0 heterocycles. The Balaban J connectivity index is 4.43. The van der Waals surface area contributed by atoms with Crippen molar-refractivity contribution < 1.29 is 28.6 Å². The fourth-order valence-corrected chi connectivity index (χ4v) is 7.81. The molecule has 0 fully saturated rings. The van der Waals surface area contributed by atoms with E-state index in [2.05, 4.69) is 106 Å². The Bertz CT molecular complexity index is 1320. The van der Waals surface area contributed by atoms with E-state index in [1.807, 2.05) is 0 Å². The molecule has 0 bridgehead atoms. The fraction of sp³-hybridized carbons (Fsp3) is 0.726. The third-order valence-electron chi connectivity index (χ3n) is 12.1. The van der Waals surface area contributed by atoms with Crippen LogP contribution in [0.3, 0.4) is 0 Å². The van der Waals surface area contributed by atoms with Gasteiger partial charge in [0.05, 0.1) is 0 Å². The fourth-order valence-electron chi connectivity index (χ4n) is 7.81. The normalized spacial score (nSPS) is 12.7. The summed E-state index contributed by atoms with van der Waals surface area (Å²) in [4.78, 5) is 38.1. The van der Waals surface area contributed by atoms with E-state index in [0.717, 1.165) is 109 Å². The molecule has 6 heteroatoms. The van der Waals surface area contributed by atoms with E-state index in [0.29, 0.717) is 19.3 Å². The highest BCUT2D eigenvalue weighted by Crippen LogP contribution is 2.15. The van der Waals surface area contributed by atoms with Gasteiger partial charge in [-0.15, -0.1) is 0 Å². The number of rotatable bonds is 51. The predicted molar refractivity (Wildman–Crippen MR) is 293 cm³/mol. The second-order valence-electron chi connectivity index (χ2n) is 18.8. The smallest absolute Gasteiger partial charge is 0.306 e. The molecule has 390 valence electrons. The molecule has 0 N–H and O–H groups in total. The topological polar surface area (TPSA) is 78.9 Å². The maximum Gasteiger partial charge on any atom is 0.306 e. The van der Waals surface area contributed by atoms with E-state index in [9.17, 15) is 14.4 Å². The molecule has 0 aromatic heterocycles. The van der Waals surface area contributed by atoms with Crippen LogP contribution in [0, 0.1) is 0 Å². The molecular weight excluding hydrogens is 841 g/mol. The summed E-state index contributed by atoms with van der Waals surface area (Å²) < 4.78 is 16.8. The van der Waals surface area contributed by atoms with Crippen molar-refractivity contribution in [2.24, 2.45) is 0 Å². The molecule has 0 aliphatic heterocycles. The van der Waals surface area contributed by atoms with Gasteiger partial charge in [-0.2, -0.15) is 0 Å². The van der Waals surface area contributed by atoms with E-state index < -0.39 is 6.10 Å². The Kier molecular flexibility index (Phi) is 53.4. The second-order valence-corrected chi connectivity index (χ2v) is 18.8. The largest absolute Gasteiger partial charge is 0.462 e. The first-order valence-electron chi connectivity index (χ1n) is 28.6. The van der Waals surface area contributed by atoms with Gasteiger partial charge < -0.3 is 14.2 Å². The molecule has 68 heavy (non-hydrogen) atoms. The average Bonchev–Trinajstić information content (AvgIpc) is 3.34. The molecule has 0 saturated heterocycles. The molecule has 0 aliphatic rings. The highest BCUT2D eigenvalue weighted by atomic mass is 16.6. The van der Waals surface area contributed by atoms with E-state index in [4.69, 9.17) is 14.2 Å². The standard InChI is InChI=1S/C62H106O6/c1-4-7-10-13-16-19-22-25-28-30-31-33-34-37-40-43-46-49-52-55-61(64)67-58-59(57-66-60(63)54-51-48-45-42-39-36-27-24-21-18-15-12-9-6-3)68-62(65)56-53-50-47-44-41-38-35-32-29-26-23-20-17-14-11-8-5-2/h8,11,16-17,19-20,24-29,35,38,59H,4-7,9-10,12-15,18,21-23,30-34,36-37,39-58H2,1-3H3/b11-8-,19-16-,20-17-,27-24-,28-25-,29-26-,38-35-. The van der Waals surface area contributed by atoms with Crippen LogP contribution in [0.5, 0.6) is 0 Å². The highest BCUT2D eigenvalue weighted by Gasteiger charge is 2.19. The first-order chi connectivity index (χ1) is 33.5.